The second-order valence-electron chi connectivity index (χ2n) is 4.93. The Balaban J connectivity index is 1.66. The first-order chi connectivity index (χ1) is 11.7. The number of aromatic nitrogens is 4. The van der Waals surface area contributed by atoms with E-state index < -0.39 is 11.7 Å². The third-order valence-corrected chi connectivity index (χ3v) is 4.18. The standard InChI is InChI=1S/C16H10FN5OS/c17-12-9-5-4-8-11(12)14(23)18-15-21-22-13(19-20-16(22)24-15)10-6-2-1-3-7-10/h1-9H,(H,18,21,23). The maximum Gasteiger partial charge on any atom is 0.260 e. The minimum absolute atomic E-state index is 0.0354. The highest BCUT2D eigenvalue weighted by atomic mass is 32.1. The molecule has 0 saturated heterocycles. The van der Waals surface area contributed by atoms with E-state index in [0.29, 0.717) is 15.9 Å². The third-order valence-electron chi connectivity index (χ3n) is 3.36. The van der Waals surface area contributed by atoms with E-state index in [1.54, 1.807) is 10.6 Å². The Hall–Kier alpha value is -3.13. The van der Waals surface area contributed by atoms with Crippen LogP contribution >= 0.6 is 11.3 Å². The highest BCUT2D eigenvalue weighted by molar-refractivity contribution is 7.20. The van der Waals surface area contributed by atoms with Crippen LogP contribution in [0.15, 0.2) is 54.6 Å². The maximum atomic E-state index is 13.7. The van der Waals surface area contributed by atoms with Crippen molar-refractivity contribution in [1.82, 2.24) is 19.8 Å². The SMILES string of the molecule is O=C(Nc1nn2c(-c3ccccc3)nnc2s1)c1ccccc1F. The number of nitrogens with one attached hydrogen (secondary N) is 1. The summed E-state index contributed by atoms with van der Waals surface area (Å²) in [6.45, 7) is 0. The summed E-state index contributed by atoms with van der Waals surface area (Å²) in [6.07, 6.45) is 0. The van der Waals surface area contributed by atoms with E-state index in [2.05, 4.69) is 20.6 Å². The van der Waals surface area contributed by atoms with Crippen molar-refractivity contribution >= 4 is 27.3 Å². The lowest BCUT2D eigenvalue weighted by Crippen LogP contribution is -2.13. The largest absolute Gasteiger partial charge is 0.296 e. The number of carbonyl (C=O) groups is 1. The van der Waals surface area contributed by atoms with Crippen molar-refractivity contribution in [1.29, 1.82) is 0 Å². The number of fused-ring (bicyclic) bond motifs is 1. The van der Waals surface area contributed by atoms with Crippen LogP contribution in [-0.4, -0.2) is 25.7 Å². The predicted molar refractivity (Wildman–Crippen MR) is 88.4 cm³/mol. The zero-order valence-electron chi connectivity index (χ0n) is 12.2. The van der Waals surface area contributed by atoms with Crippen molar-refractivity contribution in [2.75, 3.05) is 5.32 Å². The van der Waals surface area contributed by atoms with Crippen LogP contribution in [0.3, 0.4) is 0 Å². The molecular formula is C16H10FN5OS. The Morgan fingerprint density at radius 1 is 1.04 bits per heavy atom. The van der Waals surface area contributed by atoms with Gasteiger partial charge in [0, 0.05) is 5.56 Å². The summed E-state index contributed by atoms with van der Waals surface area (Å²) in [6, 6.07) is 15.3. The Morgan fingerprint density at radius 2 is 1.79 bits per heavy atom. The van der Waals surface area contributed by atoms with E-state index in [1.165, 1.54) is 29.5 Å². The minimum atomic E-state index is -0.581. The lowest BCUT2D eigenvalue weighted by Gasteiger charge is -2.02. The van der Waals surface area contributed by atoms with Crippen LogP contribution in [0, 0.1) is 5.82 Å². The topological polar surface area (TPSA) is 72.2 Å². The highest BCUT2D eigenvalue weighted by Gasteiger charge is 2.16. The molecule has 0 unspecified atom stereocenters. The molecule has 2 aromatic carbocycles. The van der Waals surface area contributed by atoms with E-state index >= 15 is 0 Å². The second-order valence-corrected chi connectivity index (χ2v) is 5.88. The van der Waals surface area contributed by atoms with Gasteiger partial charge in [-0.05, 0) is 12.1 Å². The van der Waals surface area contributed by atoms with Crippen LogP contribution in [0.25, 0.3) is 16.3 Å². The summed E-state index contributed by atoms with van der Waals surface area (Å²) in [5, 5.41) is 15.4. The van der Waals surface area contributed by atoms with E-state index in [0.717, 1.165) is 5.56 Å². The monoisotopic (exact) mass is 339 g/mol. The molecule has 4 rings (SSSR count). The van der Waals surface area contributed by atoms with E-state index in [9.17, 15) is 9.18 Å². The molecule has 0 spiro atoms. The van der Waals surface area contributed by atoms with Gasteiger partial charge in [-0.3, -0.25) is 10.1 Å². The molecule has 4 aromatic rings. The fourth-order valence-corrected chi connectivity index (χ4v) is 2.98. The molecule has 0 aliphatic heterocycles. The second kappa shape index (κ2) is 5.82. The number of anilines is 1. The Kier molecular flexibility index (Phi) is 3.51. The van der Waals surface area contributed by atoms with Crippen LogP contribution < -0.4 is 5.32 Å². The maximum absolute atomic E-state index is 13.7. The Bertz CT molecular complexity index is 1030. The molecule has 1 amide bonds. The number of benzene rings is 2. The number of hydrogen-bond donors (Lipinski definition) is 1. The van der Waals surface area contributed by atoms with Crippen LogP contribution in [0.4, 0.5) is 9.52 Å². The summed E-state index contributed by atoms with van der Waals surface area (Å²) in [4.78, 5) is 12.7. The van der Waals surface area contributed by atoms with Crippen molar-refractivity contribution in [3.63, 3.8) is 0 Å². The first-order valence-corrected chi connectivity index (χ1v) is 7.87. The fraction of sp³-hybridized carbons (Fsp3) is 0. The van der Waals surface area contributed by atoms with Gasteiger partial charge in [0.15, 0.2) is 5.82 Å². The van der Waals surface area contributed by atoms with Gasteiger partial charge in [-0.15, -0.1) is 15.3 Å². The average Bonchev–Trinajstić information content (AvgIpc) is 3.16. The van der Waals surface area contributed by atoms with Crippen molar-refractivity contribution < 1.29 is 9.18 Å². The third kappa shape index (κ3) is 2.52. The molecule has 24 heavy (non-hydrogen) atoms. The molecule has 0 aliphatic carbocycles. The van der Waals surface area contributed by atoms with Gasteiger partial charge >= 0.3 is 0 Å². The van der Waals surface area contributed by atoms with E-state index in [-0.39, 0.29) is 5.56 Å². The molecule has 118 valence electrons. The molecule has 0 atom stereocenters. The molecule has 6 nitrogen and oxygen atoms in total. The van der Waals surface area contributed by atoms with Crippen LogP contribution in [-0.2, 0) is 0 Å². The first kappa shape index (κ1) is 14.5. The smallest absolute Gasteiger partial charge is 0.260 e. The summed E-state index contributed by atoms with van der Waals surface area (Å²) in [5.74, 6) is -0.560. The number of hydrogen-bond acceptors (Lipinski definition) is 5. The van der Waals surface area contributed by atoms with Crippen molar-refractivity contribution in [2.24, 2.45) is 0 Å². The fourth-order valence-electron chi connectivity index (χ4n) is 2.24. The molecule has 0 fully saturated rings. The quantitative estimate of drug-likeness (QED) is 0.622. The first-order valence-electron chi connectivity index (χ1n) is 7.06. The number of rotatable bonds is 3. The zero-order chi connectivity index (χ0) is 16.5. The van der Waals surface area contributed by atoms with Crippen molar-refractivity contribution in [3.05, 3.63) is 66.0 Å². The van der Waals surface area contributed by atoms with Crippen molar-refractivity contribution in [3.8, 4) is 11.4 Å². The molecule has 0 radical (unpaired) electrons. The molecule has 8 heteroatoms. The molecule has 0 saturated carbocycles. The lowest BCUT2D eigenvalue weighted by molar-refractivity contribution is 0.102. The van der Waals surface area contributed by atoms with Crippen LogP contribution in [0.1, 0.15) is 10.4 Å². The number of amides is 1. The summed E-state index contributed by atoms with van der Waals surface area (Å²) >= 11 is 1.17. The van der Waals surface area contributed by atoms with Gasteiger partial charge in [0.2, 0.25) is 10.1 Å². The van der Waals surface area contributed by atoms with Gasteiger partial charge < -0.3 is 0 Å². The Morgan fingerprint density at radius 3 is 2.58 bits per heavy atom. The van der Waals surface area contributed by atoms with Gasteiger partial charge in [0.25, 0.3) is 5.91 Å². The molecule has 2 aromatic heterocycles. The predicted octanol–water partition coefficient (Wildman–Crippen LogP) is 3.24. The van der Waals surface area contributed by atoms with Gasteiger partial charge in [-0.25, -0.2) is 4.39 Å². The highest BCUT2D eigenvalue weighted by Crippen LogP contribution is 2.24. The number of halogens is 1. The number of carbonyl (C=O) groups excluding carboxylic acids is 1. The minimum Gasteiger partial charge on any atom is -0.296 e. The molecule has 0 bridgehead atoms. The molecule has 2 heterocycles. The lowest BCUT2D eigenvalue weighted by atomic mass is 10.2. The van der Waals surface area contributed by atoms with E-state index in [1.807, 2.05) is 30.3 Å². The zero-order valence-corrected chi connectivity index (χ0v) is 13.0. The van der Waals surface area contributed by atoms with Crippen LogP contribution in [0.5, 0.6) is 0 Å². The number of nitrogens with zero attached hydrogens (tertiary/aromatic N) is 4. The summed E-state index contributed by atoms with van der Waals surface area (Å²) < 4.78 is 15.2. The van der Waals surface area contributed by atoms with Crippen molar-refractivity contribution in [2.45, 2.75) is 0 Å². The van der Waals surface area contributed by atoms with Gasteiger partial charge in [0.05, 0.1) is 5.56 Å². The molecule has 0 aliphatic rings. The van der Waals surface area contributed by atoms with E-state index in [4.69, 9.17) is 0 Å². The molecular weight excluding hydrogens is 329 g/mol. The molecule has 1 N–H and O–H groups in total. The average molecular weight is 339 g/mol. The van der Waals surface area contributed by atoms with Gasteiger partial charge in [0.1, 0.15) is 5.82 Å². The van der Waals surface area contributed by atoms with Gasteiger partial charge in [-0.1, -0.05) is 53.8 Å². The van der Waals surface area contributed by atoms with Crippen LogP contribution in [0.2, 0.25) is 0 Å². The van der Waals surface area contributed by atoms with Gasteiger partial charge in [-0.2, -0.15) is 4.52 Å². The summed E-state index contributed by atoms with van der Waals surface area (Å²) in [7, 11) is 0. The summed E-state index contributed by atoms with van der Waals surface area (Å²) in [5.41, 5.74) is 0.828. The Labute approximate surface area is 139 Å². The normalized spacial score (nSPS) is 10.9.